The molecule has 3 aromatic rings. The third kappa shape index (κ3) is 1.36. The maximum absolute atomic E-state index is 4.35. The summed E-state index contributed by atoms with van der Waals surface area (Å²) in [5, 5.41) is 7.73. The van der Waals surface area contributed by atoms with Gasteiger partial charge in [0.25, 0.3) is 0 Å². The van der Waals surface area contributed by atoms with E-state index in [-0.39, 0.29) is 0 Å². The molecular formula is C11H8N4. The largest absolute Gasteiger partial charge is 0.259 e. The number of benzene rings is 1. The number of aromatic amines is 1. The number of para-hydroxylation sites is 1. The zero-order valence-corrected chi connectivity index (χ0v) is 7.88. The number of nitrogens with zero attached hydrogens (tertiary/aromatic N) is 3. The van der Waals surface area contributed by atoms with E-state index in [1.807, 2.05) is 30.3 Å². The van der Waals surface area contributed by atoms with Crippen molar-refractivity contribution >= 4 is 10.9 Å². The summed E-state index contributed by atoms with van der Waals surface area (Å²) in [7, 11) is 0. The van der Waals surface area contributed by atoms with Crippen molar-refractivity contribution in [1.82, 2.24) is 20.2 Å². The first-order chi connectivity index (χ1) is 7.43. The van der Waals surface area contributed by atoms with E-state index in [2.05, 4.69) is 20.2 Å². The normalized spacial score (nSPS) is 10.7. The second-order valence-corrected chi connectivity index (χ2v) is 3.25. The molecule has 1 aromatic carbocycles. The Morgan fingerprint density at radius 2 is 2.00 bits per heavy atom. The molecule has 0 amide bonds. The third-order valence-corrected chi connectivity index (χ3v) is 2.28. The Hall–Kier alpha value is -2.23. The van der Waals surface area contributed by atoms with Crippen molar-refractivity contribution in [1.29, 1.82) is 0 Å². The number of H-pyrrole nitrogens is 1. The minimum Gasteiger partial charge on any atom is -0.259 e. The van der Waals surface area contributed by atoms with Gasteiger partial charge in [0, 0.05) is 17.1 Å². The van der Waals surface area contributed by atoms with Gasteiger partial charge >= 0.3 is 0 Å². The number of hydrogen-bond acceptors (Lipinski definition) is 3. The summed E-state index contributed by atoms with van der Waals surface area (Å²) in [5.41, 5.74) is 1.94. The molecule has 0 aliphatic carbocycles. The fourth-order valence-corrected chi connectivity index (χ4v) is 1.55. The van der Waals surface area contributed by atoms with Gasteiger partial charge in [-0.25, -0.2) is 4.98 Å². The fraction of sp³-hybridized carbons (Fsp3) is 0. The van der Waals surface area contributed by atoms with Crippen LogP contribution >= 0.6 is 0 Å². The predicted molar refractivity (Wildman–Crippen MR) is 57.1 cm³/mol. The van der Waals surface area contributed by atoms with Crippen LogP contribution in [0.15, 0.2) is 42.9 Å². The zero-order chi connectivity index (χ0) is 10.1. The van der Waals surface area contributed by atoms with E-state index >= 15 is 0 Å². The van der Waals surface area contributed by atoms with Crippen molar-refractivity contribution in [3.05, 3.63) is 42.9 Å². The van der Waals surface area contributed by atoms with Gasteiger partial charge < -0.3 is 0 Å². The van der Waals surface area contributed by atoms with E-state index in [0.717, 1.165) is 22.3 Å². The van der Waals surface area contributed by atoms with Crippen molar-refractivity contribution in [2.24, 2.45) is 0 Å². The molecule has 0 saturated carbocycles. The Morgan fingerprint density at radius 3 is 2.87 bits per heavy atom. The Balaban J connectivity index is 2.22. The van der Waals surface area contributed by atoms with Gasteiger partial charge in [-0.05, 0) is 12.1 Å². The van der Waals surface area contributed by atoms with Crippen molar-refractivity contribution in [2.75, 3.05) is 0 Å². The predicted octanol–water partition coefficient (Wildman–Crippen LogP) is 2.02. The molecule has 0 spiro atoms. The van der Waals surface area contributed by atoms with Gasteiger partial charge in [0.05, 0.1) is 5.52 Å². The van der Waals surface area contributed by atoms with E-state index in [1.165, 1.54) is 6.33 Å². The molecule has 0 saturated heterocycles. The summed E-state index contributed by atoms with van der Waals surface area (Å²) >= 11 is 0. The first-order valence-electron chi connectivity index (χ1n) is 4.64. The van der Waals surface area contributed by atoms with Crippen molar-refractivity contribution in [3.63, 3.8) is 0 Å². The van der Waals surface area contributed by atoms with Crippen LogP contribution in [0.3, 0.4) is 0 Å². The minimum absolute atomic E-state index is 0.744. The number of fused-ring (bicyclic) bond motifs is 1. The minimum atomic E-state index is 0.744. The first-order valence-corrected chi connectivity index (χ1v) is 4.64. The number of aromatic nitrogens is 4. The van der Waals surface area contributed by atoms with Gasteiger partial charge in [-0.3, -0.25) is 10.1 Å². The van der Waals surface area contributed by atoms with E-state index in [0.29, 0.717) is 0 Å². The molecule has 4 nitrogen and oxygen atoms in total. The Labute approximate surface area is 86.0 Å². The number of hydrogen-bond donors (Lipinski definition) is 1. The molecule has 0 atom stereocenters. The van der Waals surface area contributed by atoms with E-state index in [1.54, 1.807) is 6.20 Å². The van der Waals surface area contributed by atoms with Crippen LogP contribution in [0.1, 0.15) is 0 Å². The van der Waals surface area contributed by atoms with Gasteiger partial charge in [-0.15, -0.1) is 0 Å². The number of rotatable bonds is 1. The highest BCUT2D eigenvalue weighted by Crippen LogP contribution is 2.18. The van der Waals surface area contributed by atoms with Crippen LogP contribution in [0.25, 0.3) is 22.3 Å². The lowest BCUT2D eigenvalue weighted by atomic mass is 10.1. The Kier molecular flexibility index (Phi) is 1.71. The lowest BCUT2D eigenvalue weighted by Crippen LogP contribution is -1.84. The van der Waals surface area contributed by atoms with E-state index in [4.69, 9.17) is 0 Å². The molecule has 72 valence electrons. The third-order valence-electron chi connectivity index (χ3n) is 2.28. The molecule has 2 aromatic heterocycles. The highest BCUT2D eigenvalue weighted by atomic mass is 15.2. The summed E-state index contributed by atoms with van der Waals surface area (Å²) in [5.74, 6) is 0.744. The molecule has 4 heteroatoms. The van der Waals surface area contributed by atoms with Gasteiger partial charge in [0.2, 0.25) is 0 Å². The van der Waals surface area contributed by atoms with Gasteiger partial charge in [0.1, 0.15) is 6.33 Å². The summed E-state index contributed by atoms with van der Waals surface area (Å²) in [6.07, 6.45) is 3.29. The van der Waals surface area contributed by atoms with Crippen LogP contribution < -0.4 is 0 Å². The van der Waals surface area contributed by atoms with Crippen molar-refractivity contribution < 1.29 is 0 Å². The maximum Gasteiger partial charge on any atom is 0.157 e. The second-order valence-electron chi connectivity index (χ2n) is 3.25. The lowest BCUT2D eigenvalue weighted by molar-refractivity contribution is 1.09. The molecule has 0 bridgehead atoms. The lowest BCUT2D eigenvalue weighted by Gasteiger charge is -1.98. The van der Waals surface area contributed by atoms with Crippen molar-refractivity contribution in [2.45, 2.75) is 0 Å². The molecule has 2 heterocycles. The van der Waals surface area contributed by atoms with Crippen LogP contribution in [0, 0.1) is 0 Å². The van der Waals surface area contributed by atoms with Crippen LogP contribution in [-0.2, 0) is 0 Å². The molecule has 0 fully saturated rings. The summed E-state index contributed by atoms with van der Waals surface area (Å²) in [4.78, 5) is 8.44. The van der Waals surface area contributed by atoms with Gasteiger partial charge in [-0.1, -0.05) is 18.2 Å². The van der Waals surface area contributed by atoms with E-state index < -0.39 is 0 Å². The first kappa shape index (κ1) is 8.11. The van der Waals surface area contributed by atoms with Gasteiger partial charge in [0.15, 0.2) is 5.82 Å². The Morgan fingerprint density at radius 1 is 1.07 bits per heavy atom. The molecular weight excluding hydrogens is 188 g/mol. The summed E-state index contributed by atoms with van der Waals surface area (Å²) in [6.45, 7) is 0. The summed E-state index contributed by atoms with van der Waals surface area (Å²) in [6, 6.07) is 10.0. The number of nitrogens with one attached hydrogen (secondary N) is 1. The summed E-state index contributed by atoms with van der Waals surface area (Å²) < 4.78 is 0. The molecule has 15 heavy (non-hydrogen) atoms. The Bertz CT molecular complexity index is 586. The average molecular weight is 196 g/mol. The van der Waals surface area contributed by atoms with Crippen molar-refractivity contribution in [3.8, 4) is 11.4 Å². The molecule has 3 rings (SSSR count). The number of pyridine rings is 1. The van der Waals surface area contributed by atoms with Crippen LogP contribution in [0.4, 0.5) is 0 Å². The molecule has 0 aliphatic heterocycles. The second kappa shape index (κ2) is 3.16. The topological polar surface area (TPSA) is 54.5 Å². The zero-order valence-electron chi connectivity index (χ0n) is 7.88. The van der Waals surface area contributed by atoms with Crippen LogP contribution in [-0.4, -0.2) is 20.2 Å². The molecule has 0 unspecified atom stereocenters. The molecule has 0 radical (unpaired) electrons. The molecule has 0 aliphatic rings. The maximum atomic E-state index is 4.35. The fourth-order valence-electron chi connectivity index (χ4n) is 1.55. The highest BCUT2D eigenvalue weighted by molar-refractivity contribution is 5.82. The quantitative estimate of drug-likeness (QED) is 0.647. The van der Waals surface area contributed by atoms with Crippen LogP contribution in [0.2, 0.25) is 0 Å². The smallest absolute Gasteiger partial charge is 0.157 e. The van der Waals surface area contributed by atoms with Gasteiger partial charge in [-0.2, -0.15) is 5.10 Å². The standard InChI is InChI=1S/C11H8N4/c1-2-4-10-8(3-1)5-9(6-12-10)11-13-7-14-15-11/h1-7H,(H,13,14,15). The SMILES string of the molecule is c1ccc2ncc(-c3ncn[nH]3)cc2c1. The monoisotopic (exact) mass is 196 g/mol. The van der Waals surface area contributed by atoms with E-state index in [9.17, 15) is 0 Å². The average Bonchev–Trinajstić information content (AvgIpc) is 2.82. The van der Waals surface area contributed by atoms with Crippen LogP contribution in [0.5, 0.6) is 0 Å². The molecule has 1 N–H and O–H groups in total. The highest BCUT2D eigenvalue weighted by Gasteiger charge is 2.01.